The number of carbonyl (C=O) groups is 2. The Morgan fingerprint density at radius 3 is 1.68 bits per heavy atom. The topological polar surface area (TPSA) is 90.5 Å². The minimum atomic E-state index is -5.02. The summed E-state index contributed by atoms with van der Waals surface area (Å²) in [7, 11) is 0. The van der Waals surface area contributed by atoms with Crippen molar-refractivity contribution in [2.24, 2.45) is 0 Å². The summed E-state index contributed by atoms with van der Waals surface area (Å²) in [6.45, 7) is 0. The van der Waals surface area contributed by atoms with E-state index in [2.05, 4.69) is 79.7 Å². The molecule has 17 heteroatoms. The lowest BCUT2D eigenvalue weighted by Crippen LogP contribution is -2.54. The van der Waals surface area contributed by atoms with Gasteiger partial charge >= 0.3 is 18.3 Å². The van der Waals surface area contributed by atoms with Crippen molar-refractivity contribution in [1.82, 2.24) is 10.6 Å². The van der Waals surface area contributed by atoms with Crippen LogP contribution in [-0.4, -0.2) is 34.2 Å². The van der Waals surface area contributed by atoms with Crippen molar-refractivity contribution in [3.05, 3.63) is 58.3 Å². The fourth-order valence-corrected chi connectivity index (χ4v) is 6.86. The molecule has 3 rings (SSSR count). The molecular formula is C23H17Br4F6N3O3S. The van der Waals surface area contributed by atoms with Crippen LogP contribution in [0.3, 0.4) is 0 Å². The van der Waals surface area contributed by atoms with Gasteiger partial charge in [-0.2, -0.15) is 26.3 Å². The molecule has 1 amide bonds. The monoisotopic (exact) mass is 845 g/mol. The number of halogens is 10. The molecule has 1 saturated carbocycles. The molecule has 0 bridgehead atoms. The first-order valence-corrected chi connectivity index (χ1v) is 14.8. The van der Waals surface area contributed by atoms with Gasteiger partial charge in [0, 0.05) is 35.7 Å². The predicted octanol–water partition coefficient (Wildman–Crippen LogP) is 8.50. The van der Waals surface area contributed by atoms with E-state index in [9.17, 15) is 41.0 Å². The van der Waals surface area contributed by atoms with E-state index in [1.807, 2.05) is 0 Å². The Hall–Kier alpha value is -1.43. The third-order valence-electron chi connectivity index (χ3n) is 5.95. The van der Waals surface area contributed by atoms with E-state index >= 15 is 0 Å². The highest BCUT2D eigenvalue weighted by Crippen LogP contribution is 2.42. The van der Waals surface area contributed by atoms with E-state index in [0.717, 1.165) is 0 Å². The van der Waals surface area contributed by atoms with Crippen molar-refractivity contribution in [3.63, 3.8) is 0 Å². The van der Waals surface area contributed by atoms with E-state index in [1.54, 1.807) is 0 Å². The zero-order chi connectivity index (χ0) is 30.2. The van der Waals surface area contributed by atoms with Gasteiger partial charge in [0.1, 0.15) is 0 Å². The van der Waals surface area contributed by atoms with Gasteiger partial charge in [-0.1, -0.05) is 12.8 Å². The van der Waals surface area contributed by atoms with E-state index in [1.165, 1.54) is 0 Å². The maximum Gasteiger partial charge on any atom is 0.416 e. The smallest absolute Gasteiger partial charge is 0.416 e. The molecule has 0 radical (unpaired) electrons. The number of carboxylic acid groups (broad SMARTS) is 1. The van der Waals surface area contributed by atoms with Gasteiger partial charge < -0.3 is 21.1 Å². The molecule has 1 aliphatic carbocycles. The molecule has 0 saturated heterocycles. The number of nitrogens with one attached hydrogen (secondary N) is 3. The number of alkyl halides is 6. The fourth-order valence-electron chi connectivity index (χ4n) is 4.13. The number of rotatable bonds is 5. The molecule has 4 N–H and O–H groups in total. The summed E-state index contributed by atoms with van der Waals surface area (Å²) < 4.78 is 80.3. The summed E-state index contributed by atoms with van der Waals surface area (Å²) in [5.41, 5.74) is -3.98. The molecule has 1 fully saturated rings. The van der Waals surface area contributed by atoms with Crippen LogP contribution in [0, 0.1) is 0 Å². The van der Waals surface area contributed by atoms with Crippen molar-refractivity contribution in [1.29, 1.82) is 0 Å². The molecule has 40 heavy (non-hydrogen) atoms. The molecule has 2 aromatic rings. The molecule has 2 atom stereocenters. The first-order chi connectivity index (χ1) is 18.4. The Labute approximate surface area is 262 Å². The second kappa shape index (κ2) is 12.8. The molecule has 0 aliphatic heterocycles. The Balaban J connectivity index is 1.83. The number of carboxylic acids is 1. The third kappa shape index (κ3) is 7.69. The Kier molecular flexibility index (Phi) is 10.6. The first kappa shape index (κ1) is 33.1. The van der Waals surface area contributed by atoms with Crippen LogP contribution in [0.2, 0.25) is 0 Å². The van der Waals surface area contributed by atoms with Gasteiger partial charge in [-0.15, -0.1) is 0 Å². The van der Waals surface area contributed by atoms with Gasteiger partial charge in [0.05, 0.1) is 22.3 Å². The SMILES string of the molecule is O=C(O)c1c(Br)c(Br)c(Br)c(Br)c1C(=O)N[C@@H]1CCCC[C@H]1NC(=S)Nc1cc(C(F)(F)F)cc(C(F)(F)F)c1. The maximum atomic E-state index is 13.3. The van der Waals surface area contributed by atoms with Crippen LogP contribution in [-0.2, 0) is 12.4 Å². The van der Waals surface area contributed by atoms with Gasteiger partial charge in [0.2, 0.25) is 0 Å². The zero-order valence-corrected chi connectivity index (χ0v) is 26.8. The summed E-state index contributed by atoms with van der Waals surface area (Å²) >= 11 is 18.2. The van der Waals surface area contributed by atoms with Crippen LogP contribution in [0.1, 0.15) is 57.5 Å². The third-order valence-corrected chi connectivity index (χ3v) is 10.9. The highest BCUT2D eigenvalue weighted by molar-refractivity contribution is 9.15. The molecule has 2 aromatic carbocycles. The Morgan fingerprint density at radius 2 is 1.23 bits per heavy atom. The lowest BCUT2D eigenvalue weighted by atomic mass is 9.90. The van der Waals surface area contributed by atoms with Gasteiger partial charge in [-0.3, -0.25) is 4.79 Å². The van der Waals surface area contributed by atoms with Crippen LogP contribution >= 0.6 is 75.9 Å². The predicted molar refractivity (Wildman–Crippen MR) is 154 cm³/mol. The molecule has 1 aliphatic rings. The van der Waals surface area contributed by atoms with Crippen LogP contribution in [0.15, 0.2) is 36.1 Å². The number of anilines is 1. The largest absolute Gasteiger partial charge is 0.478 e. The van der Waals surface area contributed by atoms with Crippen molar-refractivity contribution < 1.29 is 41.0 Å². The molecule has 6 nitrogen and oxygen atoms in total. The lowest BCUT2D eigenvalue weighted by molar-refractivity contribution is -0.143. The maximum absolute atomic E-state index is 13.3. The van der Waals surface area contributed by atoms with E-state index in [0.29, 0.717) is 46.8 Å². The highest BCUT2D eigenvalue weighted by Gasteiger charge is 2.37. The first-order valence-electron chi connectivity index (χ1n) is 11.2. The average molecular weight is 849 g/mol. The van der Waals surface area contributed by atoms with E-state index < -0.39 is 53.1 Å². The van der Waals surface area contributed by atoms with Crippen molar-refractivity contribution in [2.75, 3.05) is 5.32 Å². The van der Waals surface area contributed by atoms with Gasteiger partial charge in [0.15, 0.2) is 5.11 Å². The number of thiocarbonyl (C=S) groups is 1. The standard InChI is InChI=1S/C23H17Br4F6N3O3S/c24-15-13(14(20(38)39)16(25)18(27)17(15)26)19(37)35-11-3-1-2-4-12(11)36-21(40)34-10-6-8(22(28,29)30)5-9(7-10)23(31,32)33/h5-7,11-12H,1-4H2,(H,35,37)(H,38,39)(H2,34,36,40)/t11-,12-/m1/s1. The molecule has 0 aromatic heterocycles. The molecular weight excluding hydrogens is 832 g/mol. The number of hydrogen-bond acceptors (Lipinski definition) is 3. The minimum absolute atomic E-state index is 0.0106. The van der Waals surface area contributed by atoms with Gasteiger partial charge in [0.25, 0.3) is 5.91 Å². The minimum Gasteiger partial charge on any atom is -0.478 e. The second-order valence-electron chi connectivity index (χ2n) is 8.68. The molecule has 0 spiro atoms. The van der Waals surface area contributed by atoms with Crippen LogP contribution < -0.4 is 16.0 Å². The van der Waals surface area contributed by atoms with Gasteiger partial charge in [-0.25, -0.2) is 4.79 Å². The summed E-state index contributed by atoms with van der Waals surface area (Å²) in [5, 5.41) is 17.5. The van der Waals surface area contributed by atoms with Crippen molar-refractivity contribution >= 4 is 98.6 Å². The van der Waals surface area contributed by atoms with Crippen LogP contribution in [0.25, 0.3) is 0 Å². The number of aromatic carboxylic acids is 1. The number of benzene rings is 2. The molecule has 0 heterocycles. The van der Waals surface area contributed by atoms with Crippen LogP contribution in [0.5, 0.6) is 0 Å². The summed E-state index contributed by atoms with van der Waals surface area (Å²) in [5.74, 6) is -2.09. The highest BCUT2D eigenvalue weighted by atomic mass is 79.9. The summed E-state index contributed by atoms with van der Waals surface area (Å²) in [6.07, 6.45) is -7.73. The fraction of sp³-hybridized carbons (Fsp3) is 0.348. The number of carbonyl (C=O) groups excluding carboxylic acids is 1. The normalized spacial score (nSPS) is 17.8. The van der Waals surface area contributed by atoms with E-state index in [4.69, 9.17) is 12.2 Å². The average Bonchev–Trinajstić information content (AvgIpc) is 2.84. The molecule has 0 unspecified atom stereocenters. The number of hydrogen-bond donors (Lipinski definition) is 4. The zero-order valence-electron chi connectivity index (χ0n) is 19.7. The summed E-state index contributed by atoms with van der Waals surface area (Å²) in [4.78, 5) is 25.3. The Bertz CT molecular complexity index is 1320. The van der Waals surface area contributed by atoms with Crippen molar-refractivity contribution in [2.45, 2.75) is 50.1 Å². The van der Waals surface area contributed by atoms with Crippen molar-refractivity contribution in [3.8, 4) is 0 Å². The van der Waals surface area contributed by atoms with E-state index in [-0.39, 0.29) is 31.3 Å². The number of amides is 1. The summed E-state index contributed by atoms with van der Waals surface area (Å²) in [6, 6.07) is -0.116. The second-order valence-corrected chi connectivity index (χ2v) is 12.3. The lowest BCUT2D eigenvalue weighted by Gasteiger charge is -2.34. The quantitative estimate of drug-likeness (QED) is 0.105. The van der Waals surface area contributed by atoms with Crippen LogP contribution in [0.4, 0.5) is 32.0 Å². The molecule has 218 valence electrons. The Morgan fingerprint density at radius 1 is 0.775 bits per heavy atom. The van der Waals surface area contributed by atoms with Gasteiger partial charge in [-0.05, 0) is 107 Å².